The molecule has 3 heterocycles. The molecule has 0 saturated carbocycles. The third-order valence-electron chi connectivity index (χ3n) is 8.37. The van der Waals surface area contributed by atoms with Crippen LogP contribution in [0.2, 0.25) is 0 Å². The number of hydrogen-bond acceptors (Lipinski definition) is 13. The molecule has 0 bridgehead atoms. The lowest BCUT2D eigenvalue weighted by molar-refractivity contribution is -0.271. The smallest absolute Gasteiger partial charge is 0.303 e. The van der Waals surface area contributed by atoms with E-state index in [2.05, 4.69) is 67.9 Å². The van der Waals surface area contributed by atoms with E-state index in [1.54, 1.807) is 22.2 Å². The second kappa shape index (κ2) is 15.1. The van der Waals surface area contributed by atoms with Crippen molar-refractivity contribution in [3.8, 4) is 0 Å². The summed E-state index contributed by atoms with van der Waals surface area (Å²) in [4.78, 5) is 55.4. The lowest BCUT2D eigenvalue weighted by Gasteiger charge is -2.46. The van der Waals surface area contributed by atoms with Crippen LogP contribution in [0.1, 0.15) is 33.3 Å². The van der Waals surface area contributed by atoms with Crippen LogP contribution in [0.5, 0.6) is 0 Å². The van der Waals surface area contributed by atoms with E-state index in [-0.39, 0.29) is 6.61 Å². The highest BCUT2D eigenvalue weighted by molar-refractivity contribution is 6.02. The van der Waals surface area contributed by atoms with E-state index in [0.717, 1.165) is 0 Å². The van der Waals surface area contributed by atoms with Crippen LogP contribution in [0, 0.1) is 13.3 Å². The fraction of sp³-hybridized carbons (Fsp3) is 0.351. The predicted octanol–water partition coefficient (Wildman–Crippen LogP) is 3.75. The van der Waals surface area contributed by atoms with Gasteiger partial charge in [-0.1, -0.05) is 48.5 Å². The van der Waals surface area contributed by atoms with E-state index >= 15 is 0 Å². The highest BCUT2D eigenvalue weighted by Gasteiger charge is 2.54. The fourth-order valence-electron chi connectivity index (χ4n) is 6.33. The monoisotopic (exact) mass is 682 g/mol. The van der Waals surface area contributed by atoms with Gasteiger partial charge in [-0.2, -0.15) is 0 Å². The molecule has 4 radical (unpaired) electrons. The van der Waals surface area contributed by atoms with Crippen LogP contribution in [-0.4, -0.2) is 93.8 Å². The second-order valence-corrected chi connectivity index (χ2v) is 12.1. The Kier molecular flexibility index (Phi) is 10.4. The third-order valence-corrected chi connectivity index (χ3v) is 8.37. The molecule has 13 nitrogen and oxygen atoms in total. The summed E-state index contributed by atoms with van der Waals surface area (Å²) in [6.07, 6.45) is 1.53. The van der Waals surface area contributed by atoms with Gasteiger partial charge in [0.25, 0.3) is 0 Å². The molecule has 0 unspecified atom stereocenters. The number of nitrogens with zero attached hydrogens (tertiary/aromatic N) is 4. The van der Waals surface area contributed by atoms with Crippen LogP contribution in [0.3, 0.4) is 0 Å². The summed E-state index contributed by atoms with van der Waals surface area (Å²) in [6, 6.07) is 19.0. The number of carbonyl (C=O) groups excluding carboxylic acids is 4. The number of hydrogen-bond donors (Lipinski definition) is 0. The first kappa shape index (κ1) is 34.6. The van der Waals surface area contributed by atoms with Crippen LogP contribution in [-0.2, 0) is 49.4 Å². The summed E-state index contributed by atoms with van der Waals surface area (Å²) < 4.78 is 28.0. The Labute approximate surface area is 290 Å². The molecule has 260 valence electrons. The first-order chi connectivity index (χ1) is 24.0. The van der Waals surface area contributed by atoms with E-state index in [1.807, 2.05) is 22.2 Å². The molecule has 3 aromatic rings. The number of benzene rings is 3. The second-order valence-electron chi connectivity index (χ2n) is 12.1. The van der Waals surface area contributed by atoms with Crippen molar-refractivity contribution < 1.29 is 42.9 Å². The van der Waals surface area contributed by atoms with Gasteiger partial charge in [-0.15, -0.1) is 0 Å². The molecular formula is C37H38N4O9. The molecule has 0 spiro atoms. The molecule has 0 aromatic heterocycles. The maximum Gasteiger partial charge on any atom is 0.303 e. The van der Waals surface area contributed by atoms with Gasteiger partial charge in [0.2, 0.25) is 13.3 Å². The molecule has 3 aliphatic rings. The first-order valence-electron chi connectivity index (χ1n) is 16.2. The summed E-state index contributed by atoms with van der Waals surface area (Å²) in [5.41, 5.74) is 1.22. The van der Waals surface area contributed by atoms with E-state index in [0.29, 0.717) is 19.6 Å². The Hall–Kier alpha value is -5.30. The van der Waals surface area contributed by atoms with Crippen molar-refractivity contribution in [2.45, 2.75) is 64.9 Å². The van der Waals surface area contributed by atoms with Crippen LogP contribution in [0.4, 0.5) is 0 Å². The zero-order chi connectivity index (χ0) is 35.4. The summed E-state index contributed by atoms with van der Waals surface area (Å²) in [5.74, 6) is -2.65. The van der Waals surface area contributed by atoms with Crippen LogP contribution in [0.25, 0.3) is 21.5 Å². The molecule has 1 saturated heterocycles. The van der Waals surface area contributed by atoms with Crippen molar-refractivity contribution in [1.29, 1.82) is 0 Å². The minimum absolute atomic E-state index is 0.312. The lowest BCUT2D eigenvalue weighted by Crippen LogP contribution is -2.65. The Morgan fingerprint density at radius 2 is 1.20 bits per heavy atom. The zero-order valence-electron chi connectivity index (χ0n) is 28.2. The lowest BCUT2D eigenvalue weighted by atomic mass is 9.96. The molecule has 5 atom stereocenters. The Bertz CT molecular complexity index is 1760. The van der Waals surface area contributed by atoms with Gasteiger partial charge in [0.1, 0.15) is 12.7 Å². The van der Waals surface area contributed by atoms with Gasteiger partial charge in [-0.05, 0) is 33.2 Å². The molecular weight excluding hydrogens is 644 g/mol. The van der Waals surface area contributed by atoms with Gasteiger partial charge >= 0.3 is 23.9 Å². The average molecular weight is 683 g/mol. The molecule has 0 N–H and O–H groups in total. The van der Waals surface area contributed by atoms with Crippen molar-refractivity contribution >= 4 is 45.4 Å². The van der Waals surface area contributed by atoms with Gasteiger partial charge in [0, 0.05) is 72.1 Å². The summed E-state index contributed by atoms with van der Waals surface area (Å²) in [7, 11) is 0. The highest BCUT2D eigenvalue weighted by Crippen LogP contribution is 2.34. The number of rotatable bonds is 11. The van der Waals surface area contributed by atoms with E-state index in [4.69, 9.17) is 23.7 Å². The number of fused-ring (bicyclic) bond motifs is 2. The van der Waals surface area contributed by atoms with Crippen molar-refractivity contribution in [1.82, 2.24) is 19.6 Å². The van der Waals surface area contributed by atoms with Crippen LogP contribution in [0.15, 0.2) is 79.4 Å². The molecule has 50 heavy (non-hydrogen) atoms. The van der Waals surface area contributed by atoms with Crippen molar-refractivity contribution in [3.05, 3.63) is 98.3 Å². The largest absolute Gasteiger partial charge is 0.463 e. The van der Waals surface area contributed by atoms with Crippen molar-refractivity contribution in [2.75, 3.05) is 19.7 Å². The van der Waals surface area contributed by atoms with Gasteiger partial charge in [0.15, 0.2) is 24.5 Å². The molecule has 0 amide bonds. The topological polar surface area (TPSA) is 127 Å². The molecule has 13 heteroatoms. The van der Waals surface area contributed by atoms with E-state index < -0.39 is 54.5 Å². The Balaban J connectivity index is 1.11. The molecule has 6 rings (SSSR count). The first-order valence-corrected chi connectivity index (χ1v) is 16.2. The van der Waals surface area contributed by atoms with E-state index in [9.17, 15) is 19.2 Å². The van der Waals surface area contributed by atoms with Gasteiger partial charge < -0.3 is 43.3 Å². The summed E-state index contributed by atoms with van der Waals surface area (Å²) >= 11 is 0. The SMILES string of the molecule is CC(=O)OC[C@H]1O[C@@H](N2[C]N(CCN3[C]N(Cc4c5ccccc5cc5ccccc45)C=C3)C=C2)[C@H](OC(C)=O)[C@@H](OC(C)=O)[C@@H]1OC(C)=O. The summed E-state index contributed by atoms with van der Waals surface area (Å²) in [5, 5.41) is 4.78. The average Bonchev–Trinajstić information content (AvgIpc) is 3.73. The Morgan fingerprint density at radius 3 is 1.82 bits per heavy atom. The standard InChI is InChI=1S/C37H38N4O9/c1-24(42)46-21-33-34(47-25(2)43)35(48-26(3)44)36(49-27(4)45)37(50-33)41-18-17-39(23-41)14-13-38-15-16-40(22-38)20-32-30-11-7-5-9-28(30)19-29-10-6-8-12-31(29)32/h5-12,15-19,33-37H,13-14,20-21H2,1-4H3/t33-,34-,35+,36-,37-/m1/s1. The maximum atomic E-state index is 12.2. The molecule has 3 aromatic carbocycles. The molecule has 0 aliphatic carbocycles. The normalized spacial score (nSPS) is 23.1. The highest BCUT2D eigenvalue weighted by atomic mass is 16.7. The number of carbonyl (C=O) groups is 4. The predicted molar refractivity (Wildman–Crippen MR) is 179 cm³/mol. The minimum Gasteiger partial charge on any atom is -0.463 e. The van der Waals surface area contributed by atoms with Gasteiger partial charge in [-0.25, -0.2) is 0 Å². The van der Waals surface area contributed by atoms with Crippen molar-refractivity contribution in [3.63, 3.8) is 0 Å². The van der Waals surface area contributed by atoms with Gasteiger partial charge in [0.05, 0.1) is 0 Å². The van der Waals surface area contributed by atoms with Crippen LogP contribution < -0.4 is 0 Å². The fourth-order valence-corrected chi connectivity index (χ4v) is 6.33. The summed E-state index contributed by atoms with van der Waals surface area (Å²) in [6.45, 7) is 12.8. The molecule has 3 aliphatic heterocycles. The Morgan fingerprint density at radius 1 is 0.660 bits per heavy atom. The molecule has 1 fully saturated rings. The van der Waals surface area contributed by atoms with E-state index in [1.165, 1.54) is 54.8 Å². The minimum atomic E-state index is -1.27. The number of esters is 4. The quantitative estimate of drug-likeness (QED) is 0.166. The zero-order valence-corrected chi connectivity index (χ0v) is 28.2. The van der Waals surface area contributed by atoms with Crippen molar-refractivity contribution in [2.24, 2.45) is 0 Å². The van der Waals surface area contributed by atoms with Gasteiger partial charge in [-0.3, -0.25) is 19.2 Å². The van der Waals surface area contributed by atoms with Crippen LogP contribution >= 0.6 is 0 Å². The third kappa shape index (κ3) is 7.94. The maximum absolute atomic E-state index is 12.2. The number of ether oxygens (including phenoxy) is 5.